The van der Waals surface area contributed by atoms with Gasteiger partial charge in [0, 0.05) is 10.7 Å². The van der Waals surface area contributed by atoms with E-state index in [1.807, 2.05) is 6.92 Å². The van der Waals surface area contributed by atoms with Gasteiger partial charge >= 0.3 is 0 Å². The number of carbonyl (C=O) groups is 2. The lowest BCUT2D eigenvalue weighted by Gasteiger charge is -2.17. The maximum atomic E-state index is 13.7. The van der Waals surface area contributed by atoms with Crippen molar-refractivity contribution in [2.45, 2.75) is 19.8 Å². The van der Waals surface area contributed by atoms with Crippen LogP contribution >= 0.6 is 11.6 Å². The van der Waals surface area contributed by atoms with Gasteiger partial charge in [-0.3, -0.25) is 9.59 Å². The number of halogens is 2. The van der Waals surface area contributed by atoms with Gasteiger partial charge in [0.25, 0.3) is 0 Å². The van der Waals surface area contributed by atoms with E-state index in [1.54, 1.807) is 24.3 Å². The van der Waals surface area contributed by atoms with E-state index < -0.39 is 17.1 Å². The number of para-hydroxylation sites is 1. The molecule has 0 heterocycles. The Morgan fingerprint density at radius 3 is 2.25 bits per heavy atom. The van der Waals surface area contributed by atoms with E-state index in [1.165, 1.54) is 18.2 Å². The maximum absolute atomic E-state index is 13.7. The Morgan fingerprint density at radius 1 is 1.04 bits per heavy atom. The Labute approximate surface area is 144 Å². The van der Waals surface area contributed by atoms with Crippen LogP contribution in [0.4, 0.5) is 15.8 Å². The summed E-state index contributed by atoms with van der Waals surface area (Å²) < 4.78 is 13.7. The monoisotopic (exact) mass is 346 g/mol. The van der Waals surface area contributed by atoms with Crippen LogP contribution in [0.25, 0.3) is 0 Å². The minimum absolute atomic E-state index is 0.0734. The first-order valence-corrected chi connectivity index (χ1v) is 7.94. The number of amides is 2. The molecule has 0 bridgehead atoms. The zero-order valence-electron chi connectivity index (χ0n) is 13.0. The molecule has 0 spiro atoms. The second kappa shape index (κ2) is 6.24. The average Bonchev–Trinajstić information content (AvgIpc) is 3.34. The minimum atomic E-state index is -1.14. The fraction of sp³-hybridized carbons (Fsp3) is 0.222. The average molecular weight is 347 g/mol. The summed E-state index contributed by atoms with van der Waals surface area (Å²) in [6, 6.07) is 11.0. The summed E-state index contributed by atoms with van der Waals surface area (Å²) >= 11 is 5.90. The molecule has 0 saturated heterocycles. The first kappa shape index (κ1) is 16.5. The van der Waals surface area contributed by atoms with Gasteiger partial charge in [0.2, 0.25) is 11.8 Å². The SMILES string of the molecule is Cc1cc(Cl)ccc1NC(=O)C1(C(=O)Nc2ccccc2F)CC1. The molecule has 2 amide bonds. The number of anilines is 2. The van der Waals surface area contributed by atoms with Crippen molar-refractivity contribution in [2.75, 3.05) is 10.6 Å². The van der Waals surface area contributed by atoms with Crippen LogP contribution in [-0.2, 0) is 9.59 Å². The molecule has 1 aliphatic rings. The van der Waals surface area contributed by atoms with E-state index in [-0.39, 0.29) is 11.6 Å². The molecule has 6 heteroatoms. The van der Waals surface area contributed by atoms with Gasteiger partial charge in [-0.05, 0) is 55.7 Å². The molecule has 0 aliphatic heterocycles. The largest absolute Gasteiger partial charge is 0.325 e. The fourth-order valence-electron chi connectivity index (χ4n) is 2.50. The summed E-state index contributed by atoms with van der Waals surface area (Å²) in [5.74, 6) is -1.41. The van der Waals surface area contributed by atoms with Crippen LogP contribution in [0.1, 0.15) is 18.4 Å². The Morgan fingerprint density at radius 2 is 1.67 bits per heavy atom. The van der Waals surface area contributed by atoms with Crippen LogP contribution < -0.4 is 10.6 Å². The van der Waals surface area contributed by atoms with Gasteiger partial charge in [0.05, 0.1) is 5.69 Å². The third-order valence-electron chi connectivity index (χ3n) is 4.18. The smallest absolute Gasteiger partial charge is 0.240 e. The Balaban J connectivity index is 1.74. The molecule has 124 valence electrons. The van der Waals surface area contributed by atoms with Gasteiger partial charge in [-0.2, -0.15) is 0 Å². The van der Waals surface area contributed by atoms with Crippen molar-refractivity contribution < 1.29 is 14.0 Å². The third-order valence-corrected chi connectivity index (χ3v) is 4.41. The molecular formula is C18H16ClFN2O2. The highest BCUT2D eigenvalue weighted by Crippen LogP contribution is 2.47. The van der Waals surface area contributed by atoms with Gasteiger partial charge in [-0.1, -0.05) is 23.7 Å². The van der Waals surface area contributed by atoms with Gasteiger partial charge in [-0.25, -0.2) is 4.39 Å². The van der Waals surface area contributed by atoms with E-state index in [0.29, 0.717) is 23.6 Å². The Kier molecular flexibility index (Phi) is 4.28. The summed E-state index contributed by atoms with van der Waals surface area (Å²) in [7, 11) is 0. The van der Waals surface area contributed by atoms with E-state index >= 15 is 0 Å². The standard InChI is InChI=1S/C18H16ClFN2O2/c1-11-10-12(19)6-7-14(11)21-16(23)18(8-9-18)17(24)22-15-5-3-2-4-13(15)20/h2-7,10H,8-9H2,1H3,(H,21,23)(H,22,24). The van der Waals surface area contributed by atoms with Gasteiger partial charge in [0.15, 0.2) is 0 Å². The molecule has 0 unspecified atom stereocenters. The predicted octanol–water partition coefficient (Wildman–Crippen LogP) is 4.14. The highest BCUT2D eigenvalue weighted by molar-refractivity contribution is 6.30. The van der Waals surface area contributed by atoms with Crippen LogP contribution in [-0.4, -0.2) is 11.8 Å². The lowest BCUT2D eigenvalue weighted by molar-refractivity contribution is -0.131. The second-order valence-electron chi connectivity index (χ2n) is 5.93. The van der Waals surface area contributed by atoms with Crippen LogP contribution in [0.3, 0.4) is 0 Å². The number of aryl methyl sites for hydroxylation is 1. The maximum Gasteiger partial charge on any atom is 0.240 e. The molecule has 0 atom stereocenters. The number of carbonyl (C=O) groups excluding carboxylic acids is 2. The van der Waals surface area contributed by atoms with Gasteiger partial charge in [0.1, 0.15) is 11.2 Å². The van der Waals surface area contributed by atoms with E-state index in [4.69, 9.17) is 11.6 Å². The zero-order valence-corrected chi connectivity index (χ0v) is 13.8. The summed E-state index contributed by atoms with van der Waals surface area (Å²) in [5, 5.41) is 5.85. The molecule has 3 rings (SSSR count). The molecule has 1 fully saturated rings. The molecule has 0 aromatic heterocycles. The molecule has 2 aromatic rings. The topological polar surface area (TPSA) is 58.2 Å². The van der Waals surface area contributed by atoms with E-state index in [0.717, 1.165) is 5.56 Å². The number of rotatable bonds is 4. The molecule has 4 nitrogen and oxygen atoms in total. The predicted molar refractivity (Wildman–Crippen MR) is 91.5 cm³/mol. The number of hydrogen-bond donors (Lipinski definition) is 2. The zero-order chi connectivity index (χ0) is 17.3. The molecule has 2 N–H and O–H groups in total. The van der Waals surface area contributed by atoms with Crippen LogP contribution in [0, 0.1) is 18.2 Å². The van der Waals surface area contributed by atoms with Crippen molar-refractivity contribution in [3.8, 4) is 0 Å². The lowest BCUT2D eigenvalue weighted by Crippen LogP contribution is -2.36. The minimum Gasteiger partial charge on any atom is -0.325 e. The first-order chi connectivity index (χ1) is 11.4. The first-order valence-electron chi connectivity index (χ1n) is 7.56. The van der Waals surface area contributed by atoms with E-state index in [2.05, 4.69) is 10.6 Å². The van der Waals surface area contributed by atoms with Crippen molar-refractivity contribution >= 4 is 34.8 Å². The highest BCUT2D eigenvalue weighted by Gasteiger charge is 2.56. The van der Waals surface area contributed by atoms with Crippen LogP contribution in [0.15, 0.2) is 42.5 Å². The van der Waals surface area contributed by atoms with Crippen molar-refractivity contribution in [1.29, 1.82) is 0 Å². The number of nitrogens with one attached hydrogen (secondary N) is 2. The van der Waals surface area contributed by atoms with Crippen molar-refractivity contribution in [2.24, 2.45) is 5.41 Å². The molecule has 24 heavy (non-hydrogen) atoms. The molecule has 0 radical (unpaired) electrons. The molecule has 2 aromatic carbocycles. The summed E-state index contributed by atoms with van der Waals surface area (Å²) in [5.41, 5.74) is 0.341. The van der Waals surface area contributed by atoms with Gasteiger partial charge < -0.3 is 10.6 Å². The Hall–Kier alpha value is -2.40. The van der Waals surface area contributed by atoms with Gasteiger partial charge in [-0.15, -0.1) is 0 Å². The number of hydrogen-bond acceptors (Lipinski definition) is 2. The van der Waals surface area contributed by atoms with Crippen LogP contribution in [0.5, 0.6) is 0 Å². The number of benzene rings is 2. The molecular weight excluding hydrogens is 331 g/mol. The summed E-state index contributed by atoms with van der Waals surface area (Å²) in [4.78, 5) is 25.0. The Bertz CT molecular complexity index is 818. The molecule has 1 saturated carbocycles. The lowest BCUT2D eigenvalue weighted by atomic mass is 10.0. The van der Waals surface area contributed by atoms with Crippen molar-refractivity contribution in [1.82, 2.24) is 0 Å². The quantitative estimate of drug-likeness (QED) is 0.817. The normalized spacial score (nSPS) is 14.8. The van der Waals surface area contributed by atoms with Crippen molar-refractivity contribution in [3.05, 3.63) is 58.9 Å². The summed E-state index contributed by atoms with van der Waals surface area (Å²) in [6.07, 6.45) is 0.873. The fourth-order valence-corrected chi connectivity index (χ4v) is 2.72. The third kappa shape index (κ3) is 3.12. The second-order valence-corrected chi connectivity index (χ2v) is 6.37. The highest BCUT2D eigenvalue weighted by atomic mass is 35.5. The summed E-state index contributed by atoms with van der Waals surface area (Å²) in [6.45, 7) is 1.82. The van der Waals surface area contributed by atoms with Crippen molar-refractivity contribution in [3.63, 3.8) is 0 Å². The van der Waals surface area contributed by atoms with E-state index in [9.17, 15) is 14.0 Å². The van der Waals surface area contributed by atoms with Crippen LogP contribution in [0.2, 0.25) is 5.02 Å². The molecule has 1 aliphatic carbocycles.